The molecule has 0 aliphatic carbocycles. The molecule has 0 aliphatic heterocycles. The highest BCUT2D eigenvalue weighted by Gasteiger charge is 2.26. The van der Waals surface area contributed by atoms with Crippen molar-refractivity contribution >= 4 is 6.16 Å². The van der Waals surface area contributed by atoms with E-state index in [2.05, 4.69) is 4.98 Å². The molecule has 140 valence electrons. The first-order valence-electron chi connectivity index (χ1n) is 8.25. The summed E-state index contributed by atoms with van der Waals surface area (Å²) < 4.78 is 29.0. The molecule has 0 saturated carbocycles. The highest BCUT2D eigenvalue weighted by atomic mass is 19.1. The van der Waals surface area contributed by atoms with Crippen LogP contribution in [0, 0.1) is 5.82 Å². The molecule has 1 aromatic heterocycles. The van der Waals surface area contributed by atoms with Crippen LogP contribution in [0.3, 0.4) is 0 Å². The third-order valence-corrected chi connectivity index (χ3v) is 3.72. The van der Waals surface area contributed by atoms with Gasteiger partial charge in [0.05, 0.1) is 31.6 Å². The number of methoxy groups -OCH3 is 1. The van der Waals surface area contributed by atoms with E-state index < -0.39 is 18.6 Å². The Bertz CT molecular complexity index is 774. The SMILES string of the molecule is CCOC(=O)Oc1c(C(C)C)nc(OC)c(CO)c1-c1ccc(F)cc1. The van der Waals surface area contributed by atoms with Crippen molar-refractivity contribution in [3.8, 4) is 22.8 Å². The van der Waals surface area contributed by atoms with Gasteiger partial charge in [-0.1, -0.05) is 26.0 Å². The maximum atomic E-state index is 13.4. The fourth-order valence-electron chi connectivity index (χ4n) is 2.56. The van der Waals surface area contributed by atoms with Gasteiger partial charge in [-0.2, -0.15) is 0 Å². The van der Waals surface area contributed by atoms with Gasteiger partial charge in [0.2, 0.25) is 5.88 Å². The van der Waals surface area contributed by atoms with Crippen LogP contribution >= 0.6 is 0 Å². The molecule has 0 radical (unpaired) electrons. The summed E-state index contributed by atoms with van der Waals surface area (Å²) in [5.41, 5.74) is 1.77. The van der Waals surface area contributed by atoms with Gasteiger partial charge in [0.25, 0.3) is 0 Å². The summed E-state index contributed by atoms with van der Waals surface area (Å²) in [5, 5.41) is 9.87. The van der Waals surface area contributed by atoms with Crippen molar-refractivity contribution in [2.24, 2.45) is 0 Å². The number of benzene rings is 1. The van der Waals surface area contributed by atoms with Crippen molar-refractivity contribution in [1.29, 1.82) is 0 Å². The summed E-state index contributed by atoms with van der Waals surface area (Å²) in [6.45, 7) is 5.18. The van der Waals surface area contributed by atoms with Gasteiger partial charge in [-0.25, -0.2) is 14.2 Å². The number of carbonyl (C=O) groups is 1. The smallest absolute Gasteiger partial charge is 0.481 e. The van der Waals surface area contributed by atoms with Crippen LogP contribution < -0.4 is 9.47 Å². The number of aliphatic hydroxyl groups is 1. The van der Waals surface area contributed by atoms with E-state index in [1.807, 2.05) is 13.8 Å². The van der Waals surface area contributed by atoms with E-state index in [1.165, 1.54) is 31.4 Å². The first-order valence-corrected chi connectivity index (χ1v) is 8.25. The molecule has 0 unspecified atom stereocenters. The third-order valence-electron chi connectivity index (χ3n) is 3.72. The monoisotopic (exact) mass is 363 g/mol. The molecule has 6 nitrogen and oxygen atoms in total. The average Bonchev–Trinajstić information content (AvgIpc) is 2.61. The van der Waals surface area contributed by atoms with Crippen molar-refractivity contribution in [3.05, 3.63) is 41.3 Å². The van der Waals surface area contributed by atoms with Crippen LogP contribution in [-0.4, -0.2) is 30.0 Å². The van der Waals surface area contributed by atoms with Crippen LogP contribution in [-0.2, 0) is 11.3 Å². The minimum Gasteiger partial charge on any atom is -0.481 e. The van der Waals surface area contributed by atoms with Crippen LogP contribution in [0.15, 0.2) is 24.3 Å². The highest BCUT2D eigenvalue weighted by molar-refractivity contribution is 5.80. The highest BCUT2D eigenvalue weighted by Crippen LogP contribution is 2.42. The zero-order valence-corrected chi connectivity index (χ0v) is 15.2. The Morgan fingerprint density at radius 2 is 1.92 bits per heavy atom. The molecule has 7 heteroatoms. The van der Waals surface area contributed by atoms with Gasteiger partial charge in [-0.15, -0.1) is 0 Å². The average molecular weight is 363 g/mol. The maximum Gasteiger partial charge on any atom is 0.513 e. The second-order valence-corrected chi connectivity index (χ2v) is 5.79. The Morgan fingerprint density at radius 1 is 1.27 bits per heavy atom. The fraction of sp³-hybridized carbons (Fsp3) is 0.368. The summed E-state index contributed by atoms with van der Waals surface area (Å²) in [6.07, 6.45) is -0.881. The minimum atomic E-state index is -0.881. The Balaban J connectivity index is 2.78. The molecule has 2 aromatic rings. The first kappa shape index (κ1) is 19.7. The number of nitrogens with zero attached hydrogens (tertiary/aromatic N) is 1. The molecule has 2 rings (SSSR count). The van der Waals surface area contributed by atoms with Crippen LogP contribution in [0.4, 0.5) is 9.18 Å². The van der Waals surface area contributed by atoms with Gasteiger partial charge in [-0.05, 0) is 30.5 Å². The molecule has 0 amide bonds. The second kappa shape index (κ2) is 8.62. The summed E-state index contributed by atoms with van der Waals surface area (Å²) in [5.74, 6) is -0.140. The Kier molecular flexibility index (Phi) is 6.52. The Labute approximate surface area is 151 Å². The van der Waals surface area contributed by atoms with Crippen LogP contribution in [0.25, 0.3) is 11.1 Å². The number of hydrogen-bond donors (Lipinski definition) is 1. The lowest BCUT2D eigenvalue weighted by atomic mass is 9.96. The maximum absolute atomic E-state index is 13.4. The molecule has 0 fully saturated rings. The van der Waals surface area contributed by atoms with Crippen molar-refractivity contribution in [1.82, 2.24) is 4.98 Å². The lowest BCUT2D eigenvalue weighted by Crippen LogP contribution is -2.15. The molecular formula is C19H22FNO5. The lowest BCUT2D eigenvalue weighted by Gasteiger charge is -2.20. The van der Waals surface area contributed by atoms with E-state index >= 15 is 0 Å². The summed E-state index contributed by atoms with van der Waals surface area (Å²) in [6, 6.07) is 5.63. The van der Waals surface area contributed by atoms with Crippen LogP contribution in [0.2, 0.25) is 0 Å². The van der Waals surface area contributed by atoms with Gasteiger partial charge in [0.15, 0.2) is 5.75 Å². The summed E-state index contributed by atoms with van der Waals surface area (Å²) >= 11 is 0. The molecule has 1 N–H and O–H groups in total. The zero-order valence-electron chi connectivity index (χ0n) is 15.2. The molecule has 0 atom stereocenters. The van der Waals surface area contributed by atoms with E-state index in [0.717, 1.165) is 0 Å². The fourth-order valence-corrected chi connectivity index (χ4v) is 2.56. The number of rotatable bonds is 6. The molecule has 1 aromatic carbocycles. The second-order valence-electron chi connectivity index (χ2n) is 5.79. The topological polar surface area (TPSA) is 77.9 Å². The molecule has 0 saturated heterocycles. The van der Waals surface area contributed by atoms with E-state index in [0.29, 0.717) is 22.4 Å². The van der Waals surface area contributed by atoms with Crippen molar-refractivity contribution in [2.75, 3.05) is 13.7 Å². The number of carbonyl (C=O) groups excluding carboxylic acids is 1. The number of aromatic nitrogens is 1. The van der Waals surface area contributed by atoms with Crippen molar-refractivity contribution < 1.29 is 28.5 Å². The quantitative estimate of drug-likeness (QED) is 0.780. The Morgan fingerprint density at radius 3 is 2.42 bits per heavy atom. The zero-order chi connectivity index (χ0) is 19.3. The first-order chi connectivity index (χ1) is 12.4. The van der Waals surface area contributed by atoms with E-state index in [-0.39, 0.29) is 24.2 Å². The van der Waals surface area contributed by atoms with E-state index in [4.69, 9.17) is 14.2 Å². The van der Waals surface area contributed by atoms with Crippen molar-refractivity contribution in [3.63, 3.8) is 0 Å². The van der Waals surface area contributed by atoms with Gasteiger partial charge >= 0.3 is 6.16 Å². The normalized spacial score (nSPS) is 10.7. The van der Waals surface area contributed by atoms with Gasteiger partial charge in [0.1, 0.15) is 5.82 Å². The predicted octanol–water partition coefficient (Wildman–Crippen LogP) is 4.05. The molecule has 1 heterocycles. The lowest BCUT2D eigenvalue weighted by molar-refractivity contribution is 0.103. The predicted molar refractivity (Wildman–Crippen MR) is 93.8 cm³/mol. The minimum absolute atomic E-state index is 0.111. The third kappa shape index (κ3) is 4.11. The van der Waals surface area contributed by atoms with E-state index in [9.17, 15) is 14.3 Å². The van der Waals surface area contributed by atoms with Crippen LogP contribution in [0.5, 0.6) is 11.6 Å². The summed E-state index contributed by atoms with van der Waals surface area (Å²) in [4.78, 5) is 16.3. The van der Waals surface area contributed by atoms with Gasteiger partial charge < -0.3 is 19.3 Å². The molecular weight excluding hydrogens is 341 g/mol. The summed E-state index contributed by atoms with van der Waals surface area (Å²) in [7, 11) is 1.44. The number of hydrogen-bond acceptors (Lipinski definition) is 6. The van der Waals surface area contributed by atoms with Crippen molar-refractivity contribution in [2.45, 2.75) is 33.3 Å². The molecule has 0 bridgehead atoms. The Hall–Kier alpha value is -2.67. The van der Waals surface area contributed by atoms with Gasteiger partial charge in [0, 0.05) is 5.56 Å². The standard InChI is InChI=1S/C19H22FNO5/c1-5-25-19(23)26-17-15(12-6-8-13(20)9-7-12)14(10-22)18(24-4)21-16(17)11(2)3/h6-9,11,22H,5,10H2,1-4H3. The molecule has 0 spiro atoms. The number of halogens is 1. The largest absolute Gasteiger partial charge is 0.513 e. The number of ether oxygens (including phenoxy) is 3. The van der Waals surface area contributed by atoms with Crippen LogP contribution in [0.1, 0.15) is 37.9 Å². The molecule has 26 heavy (non-hydrogen) atoms. The van der Waals surface area contributed by atoms with E-state index in [1.54, 1.807) is 6.92 Å². The number of aliphatic hydroxyl groups excluding tert-OH is 1. The molecule has 0 aliphatic rings. The van der Waals surface area contributed by atoms with Gasteiger partial charge in [-0.3, -0.25) is 0 Å². The number of pyridine rings is 1.